The van der Waals surface area contributed by atoms with E-state index < -0.39 is 0 Å². The molecule has 0 aliphatic carbocycles. The van der Waals surface area contributed by atoms with E-state index in [0.29, 0.717) is 5.92 Å². The summed E-state index contributed by atoms with van der Waals surface area (Å²) in [6.07, 6.45) is 2.46. The van der Waals surface area contributed by atoms with Crippen molar-refractivity contribution in [3.63, 3.8) is 0 Å². The quantitative estimate of drug-likeness (QED) is 0.764. The maximum atomic E-state index is 5.94. The normalized spacial score (nSPS) is 16.6. The maximum absolute atomic E-state index is 5.94. The van der Waals surface area contributed by atoms with Gasteiger partial charge in [-0.05, 0) is 48.6 Å². The third-order valence-electron chi connectivity index (χ3n) is 3.96. The van der Waals surface area contributed by atoms with Crippen LogP contribution in [0.25, 0.3) is 0 Å². The van der Waals surface area contributed by atoms with Crippen molar-refractivity contribution >= 4 is 17.3 Å². The summed E-state index contributed by atoms with van der Waals surface area (Å²) in [6, 6.07) is 19.1. The van der Waals surface area contributed by atoms with Gasteiger partial charge < -0.3 is 4.90 Å². The van der Waals surface area contributed by atoms with Gasteiger partial charge in [0.15, 0.2) is 0 Å². The molecular formula is C17H18ClN. The highest BCUT2D eigenvalue weighted by Crippen LogP contribution is 2.30. The Bertz CT molecular complexity index is 513. The molecule has 0 radical (unpaired) electrons. The SMILES string of the molecule is Clc1ccc(N2CCC(c3ccccc3)CC2)cc1. The maximum Gasteiger partial charge on any atom is 0.0407 e. The predicted molar refractivity (Wildman–Crippen MR) is 82.1 cm³/mol. The minimum Gasteiger partial charge on any atom is -0.371 e. The lowest BCUT2D eigenvalue weighted by molar-refractivity contribution is 0.505. The summed E-state index contributed by atoms with van der Waals surface area (Å²) in [5.41, 5.74) is 2.77. The van der Waals surface area contributed by atoms with Gasteiger partial charge in [-0.25, -0.2) is 0 Å². The molecule has 0 spiro atoms. The number of anilines is 1. The van der Waals surface area contributed by atoms with Crippen LogP contribution in [0.3, 0.4) is 0 Å². The molecule has 0 bridgehead atoms. The molecule has 1 nitrogen and oxygen atoms in total. The Morgan fingerprint density at radius 3 is 2.11 bits per heavy atom. The Hall–Kier alpha value is -1.47. The van der Waals surface area contributed by atoms with Gasteiger partial charge in [0.1, 0.15) is 0 Å². The van der Waals surface area contributed by atoms with E-state index in [2.05, 4.69) is 47.4 Å². The summed E-state index contributed by atoms with van der Waals surface area (Å²) >= 11 is 5.94. The van der Waals surface area contributed by atoms with Crippen LogP contribution in [0, 0.1) is 0 Å². The first-order valence-electron chi connectivity index (χ1n) is 6.88. The van der Waals surface area contributed by atoms with E-state index in [-0.39, 0.29) is 0 Å². The smallest absolute Gasteiger partial charge is 0.0407 e. The van der Waals surface area contributed by atoms with Gasteiger partial charge in [0.05, 0.1) is 0 Å². The molecule has 2 aromatic carbocycles. The minimum atomic E-state index is 0.713. The van der Waals surface area contributed by atoms with Crippen molar-refractivity contribution < 1.29 is 0 Å². The van der Waals surface area contributed by atoms with Crippen molar-refractivity contribution in [3.8, 4) is 0 Å². The summed E-state index contributed by atoms with van der Waals surface area (Å²) in [4.78, 5) is 2.45. The van der Waals surface area contributed by atoms with Gasteiger partial charge in [-0.3, -0.25) is 0 Å². The number of rotatable bonds is 2. The molecule has 0 saturated carbocycles. The van der Waals surface area contributed by atoms with Crippen molar-refractivity contribution in [1.82, 2.24) is 0 Å². The zero-order valence-electron chi connectivity index (χ0n) is 10.9. The molecule has 3 rings (SSSR count). The fraction of sp³-hybridized carbons (Fsp3) is 0.294. The Morgan fingerprint density at radius 1 is 0.842 bits per heavy atom. The molecule has 0 unspecified atom stereocenters. The first-order chi connectivity index (χ1) is 9.33. The first kappa shape index (κ1) is 12.6. The zero-order valence-corrected chi connectivity index (χ0v) is 11.7. The highest BCUT2D eigenvalue weighted by molar-refractivity contribution is 6.30. The second-order valence-electron chi connectivity index (χ2n) is 5.15. The lowest BCUT2D eigenvalue weighted by Crippen LogP contribution is -2.32. The minimum absolute atomic E-state index is 0.713. The number of hydrogen-bond donors (Lipinski definition) is 0. The molecule has 0 atom stereocenters. The third-order valence-corrected chi connectivity index (χ3v) is 4.21. The van der Waals surface area contributed by atoms with Crippen LogP contribution in [0.2, 0.25) is 5.02 Å². The third kappa shape index (κ3) is 2.93. The van der Waals surface area contributed by atoms with Gasteiger partial charge >= 0.3 is 0 Å². The van der Waals surface area contributed by atoms with Crippen molar-refractivity contribution in [2.45, 2.75) is 18.8 Å². The van der Waals surface area contributed by atoms with Crippen LogP contribution in [0.5, 0.6) is 0 Å². The topological polar surface area (TPSA) is 3.24 Å². The summed E-state index contributed by atoms with van der Waals surface area (Å²) < 4.78 is 0. The number of halogens is 1. The van der Waals surface area contributed by atoms with Crippen LogP contribution in [0.4, 0.5) is 5.69 Å². The van der Waals surface area contributed by atoms with Crippen LogP contribution >= 0.6 is 11.6 Å². The van der Waals surface area contributed by atoms with Crippen LogP contribution in [-0.2, 0) is 0 Å². The van der Waals surface area contributed by atoms with Crippen LogP contribution in [0.15, 0.2) is 54.6 Å². The van der Waals surface area contributed by atoms with Crippen LogP contribution < -0.4 is 4.90 Å². The summed E-state index contributed by atoms with van der Waals surface area (Å²) in [5.74, 6) is 0.713. The molecule has 1 saturated heterocycles. The number of piperidine rings is 1. The molecular weight excluding hydrogens is 254 g/mol. The van der Waals surface area contributed by atoms with Gasteiger partial charge in [0.25, 0.3) is 0 Å². The summed E-state index contributed by atoms with van der Waals surface area (Å²) in [7, 11) is 0. The fourth-order valence-electron chi connectivity index (χ4n) is 2.85. The highest BCUT2D eigenvalue weighted by atomic mass is 35.5. The highest BCUT2D eigenvalue weighted by Gasteiger charge is 2.20. The van der Waals surface area contributed by atoms with Gasteiger partial charge in [0, 0.05) is 23.8 Å². The lowest BCUT2D eigenvalue weighted by atomic mass is 9.89. The Balaban J connectivity index is 1.65. The Labute approximate surface area is 119 Å². The molecule has 2 aromatic rings. The van der Waals surface area contributed by atoms with E-state index in [9.17, 15) is 0 Å². The Kier molecular flexibility index (Phi) is 3.74. The molecule has 98 valence electrons. The summed E-state index contributed by atoms with van der Waals surface area (Å²) in [6.45, 7) is 2.25. The molecule has 1 aliphatic heterocycles. The number of hydrogen-bond acceptors (Lipinski definition) is 1. The molecule has 0 N–H and O–H groups in total. The molecule has 19 heavy (non-hydrogen) atoms. The van der Waals surface area contributed by atoms with Crippen molar-refractivity contribution in [2.24, 2.45) is 0 Å². The Morgan fingerprint density at radius 2 is 1.47 bits per heavy atom. The monoisotopic (exact) mass is 271 g/mol. The molecule has 1 aliphatic rings. The number of nitrogens with zero attached hydrogens (tertiary/aromatic N) is 1. The number of benzene rings is 2. The van der Waals surface area contributed by atoms with Gasteiger partial charge in [-0.15, -0.1) is 0 Å². The van der Waals surface area contributed by atoms with E-state index in [1.54, 1.807) is 0 Å². The average molecular weight is 272 g/mol. The van der Waals surface area contributed by atoms with Crippen LogP contribution in [-0.4, -0.2) is 13.1 Å². The zero-order chi connectivity index (χ0) is 13.1. The molecule has 2 heteroatoms. The van der Waals surface area contributed by atoms with Gasteiger partial charge in [-0.1, -0.05) is 41.9 Å². The second-order valence-corrected chi connectivity index (χ2v) is 5.58. The van der Waals surface area contributed by atoms with E-state index in [4.69, 9.17) is 11.6 Å². The standard InChI is InChI=1S/C17H18ClN/c18-16-6-8-17(9-7-16)19-12-10-15(11-13-19)14-4-2-1-3-5-14/h1-9,15H,10-13H2. The molecule has 1 fully saturated rings. The molecule has 0 aromatic heterocycles. The largest absolute Gasteiger partial charge is 0.371 e. The van der Waals surface area contributed by atoms with Crippen molar-refractivity contribution in [2.75, 3.05) is 18.0 Å². The summed E-state index contributed by atoms with van der Waals surface area (Å²) in [5, 5.41) is 0.808. The first-order valence-corrected chi connectivity index (χ1v) is 7.26. The van der Waals surface area contributed by atoms with Crippen molar-refractivity contribution in [3.05, 3.63) is 65.2 Å². The van der Waals surface area contributed by atoms with E-state index in [1.807, 2.05) is 12.1 Å². The second kappa shape index (κ2) is 5.66. The van der Waals surface area contributed by atoms with Crippen LogP contribution in [0.1, 0.15) is 24.3 Å². The van der Waals surface area contributed by atoms with E-state index >= 15 is 0 Å². The lowest BCUT2D eigenvalue weighted by Gasteiger charge is -2.33. The van der Waals surface area contributed by atoms with Crippen molar-refractivity contribution in [1.29, 1.82) is 0 Å². The van der Waals surface area contributed by atoms with Gasteiger partial charge in [0.2, 0.25) is 0 Å². The predicted octanol–water partition coefficient (Wildman–Crippen LogP) is 4.72. The molecule has 0 amide bonds. The van der Waals surface area contributed by atoms with E-state index in [0.717, 1.165) is 18.1 Å². The molecule has 1 heterocycles. The average Bonchev–Trinajstić information content (AvgIpc) is 2.49. The fourth-order valence-corrected chi connectivity index (χ4v) is 2.97. The van der Waals surface area contributed by atoms with Gasteiger partial charge in [-0.2, -0.15) is 0 Å². The van der Waals surface area contributed by atoms with E-state index in [1.165, 1.54) is 24.1 Å².